The van der Waals surface area contributed by atoms with E-state index in [0.29, 0.717) is 21.8 Å². The smallest absolute Gasteiger partial charge is 0.265 e. The van der Waals surface area contributed by atoms with Crippen LogP contribution in [-0.4, -0.2) is 8.42 Å². The van der Waals surface area contributed by atoms with Crippen molar-refractivity contribution in [3.63, 3.8) is 0 Å². The molecule has 8 heteroatoms. The van der Waals surface area contributed by atoms with Gasteiger partial charge in [0.25, 0.3) is 10.0 Å². The Kier molecular flexibility index (Phi) is 5.35. The summed E-state index contributed by atoms with van der Waals surface area (Å²) in [6.07, 6.45) is 0. The maximum Gasteiger partial charge on any atom is 0.265 e. The van der Waals surface area contributed by atoms with Crippen LogP contribution in [0.4, 0.5) is 5.69 Å². The second-order valence-corrected chi connectivity index (χ2v) is 10.5. The molecule has 3 aromatic rings. The van der Waals surface area contributed by atoms with Crippen LogP contribution in [0.3, 0.4) is 0 Å². The number of hydrogen-bond acceptors (Lipinski definition) is 5. The normalized spacial score (nSPS) is 18.6. The highest BCUT2D eigenvalue weighted by molar-refractivity contribution is 7.96. The molecule has 2 heterocycles. The Hall–Kier alpha value is -3.73. The highest BCUT2D eigenvalue weighted by Gasteiger charge is 2.47. The molecule has 2 aliphatic heterocycles. The van der Waals surface area contributed by atoms with Gasteiger partial charge in [-0.15, -0.1) is 0 Å². The number of hydrogen-bond donors (Lipinski definition) is 1. The fraction of sp³-hybridized carbons (Fsp3) is 0.115. The van der Waals surface area contributed by atoms with Crippen molar-refractivity contribution < 1.29 is 13.2 Å². The molecule has 0 aliphatic carbocycles. The van der Waals surface area contributed by atoms with Gasteiger partial charge in [-0.25, -0.2) is 8.42 Å². The van der Waals surface area contributed by atoms with Gasteiger partial charge in [0, 0.05) is 10.6 Å². The standard InChI is InChI=1S/C26H20ClN3O3S/c1-16-6-10-18(11-7-16)23-21(14-28)26(29)33-24-20-4-2-3-5-22(20)30(34(31,32)25(23)24)15-17-8-12-19(27)13-9-17/h2-13,23H,15,29H2,1H3/t23-/m0/s1. The van der Waals surface area contributed by atoms with Crippen LogP contribution in [0.2, 0.25) is 5.02 Å². The predicted molar refractivity (Wildman–Crippen MR) is 132 cm³/mol. The third-order valence-corrected chi connectivity index (χ3v) is 8.14. The average Bonchev–Trinajstić information content (AvgIpc) is 2.82. The van der Waals surface area contributed by atoms with Crippen molar-refractivity contribution in [2.24, 2.45) is 5.73 Å². The van der Waals surface area contributed by atoms with E-state index >= 15 is 0 Å². The quantitative estimate of drug-likeness (QED) is 0.547. The molecule has 0 saturated heterocycles. The molecule has 5 rings (SSSR count). The summed E-state index contributed by atoms with van der Waals surface area (Å²) in [5.74, 6) is -0.826. The highest BCUT2D eigenvalue weighted by Crippen LogP contribution is 2.51. The maximum absolute atomic E-state index is 14.2. The minimum atomic E-state index is -4.11. The molecular formula is C26H20ClN3O3S. The van der Waals surface area contributed by atoms with Gasteiger partial charge in [-0.2, -0.15) is 5.26 Å². The third-order valence-electron chi connectivity index (χ3n) is 6.01. The van der Waals surface area contributed by atoms with Gasteiger partial charge in [0.05, 0.1) is 18.2 Å². The van der Waals surface area contributed by atoms with E-state index in [9.17, 15) is 13.7 Å². The lowest BCUT2D eigenvalue weighted by molar-refractivity contribution is 0.357. The topological polar surface area (TPSA) is 96.4 Å². The molecule has 6 nitrogen and oxygen atoms in total. The summed E-state index contributed by atoms with van der Waals surface area (Å²) in [6.45, 7) is 2.03. The number of para-hydroxylation sites is 1. The zero-order valence-corrected chi connectivity index (χ0v) is 19.8. The number of nitriles is 1. The van der Waals surface area contributed by atoms with Crippen molar-refractivity contribution in [3.05, 3.63) is 116 Å². The Labute approximate surface area is 203 Å². The van der Waals surface area contributed by atoms with Gasteiger partial charge in [0.1, 0.15) is 16.5 Å². The molecule has 0 radical (unpaired) electrons. The van der Waals surface area contributed by atoms with Crippen molar-refractivity contribution in [2.45, 2.75) is 19.4 Å². The van der Waals surface area contributed by atoms with Crippen molar-refractivity contribution in [3.8, 4) is 6.07 Å². The first-order valence-corrected chi connectivity index (χ1v) is 12.4. The predicted octanol–water partition coefficient (Wildman–Crippen LogP) is 5.17. The lowest BCUT2D eigenvalue weighted by atomic mass is 9.88. The SMILES string of the molecule is Cc1ccc([C@H]2C(C#N)=C(N)OC3=C2S(=O)(=O)N(Cc2ccc(Cl)cc2)c2ccccc23)cc1. The summed E-state index contributed by atoms with van der Waals surface area (Å²) in [5.41, 5.74) is 9.73. The number of benzene rings is 3. The minimum absolute atomic E-state index is 0.00904. The summed E-state index contributed by atoms with van der Waals surface area (Å²) in [4.78, 5) is 0.00904. The van der Waals surface area contributed by atoms with Gasteiger partial charge in [-0.1, -0.05) is 65.7 Å². The second-order valence-electron chi connectivity index (χ2n) is 8.18. The van der Waals surface area contributed by atoms with Crippen LogP contribution in [0, 0.1) is 18.3 Å². The van der Waals surface area contributed by atoms with Crippen molar-refractivity contribution >= 4 is 33.1 Å². The maximum atomic E-state index is 14.2. The molecule has 2 N–H and O–H groups in total. The van der Waals surface area contributed by atoms with E-state index in [-0.39, 0.29) is 28.7 Å². The van der Waals surface area contributed by atoms with Crippen LogP contribution in [0.1, 0.15) is 28.2 Å². The van der Waals surface area contributed by atoms with E-state index in [1.165, 1.54) is 4.31 Å². The fourth-order valence-electron chi connectivity index (χ4n) is 4.33. The number of anilines is 1. The molecule has 34 heavy (non-hydrogen) atoms. The Morgan fingerprint density at radius 3 is 2.41 bits per heavy atom. The number of ether oxygens (including phenoxy) is 1. The number of halogens is 1. The molecule has 0 saturated carbocycles. The lowest BCUT2D eigenvalue weighted by Crippen LogP contribution is -2.39. The van der Waals surface area contributed by atoms with Gasteiger partial charge in [0.2, 0.25) is 5.88 Å². The number of nitrogens with two attached hydrogens (primary N) is 1. The van der Waals surface area contributed by atoms with E-state index in [1.54, 1.807) is 42.5 Å². The summed E-state index contributed by atoms with van der Waals surface area (Å²) >= 11 is 6.02. The zero-order chi connectivity index (χ0) is 24.0. The van der Waals surface area contributed by atoms with Crippen molar-refractivity contribution in [2.75, 3.05) is 4.31 Å². The minimum Gasteiger partial charge on any atom is -0.439 e. The van der Waals surface area contributed by atoms with E-state index in [2.05, 4.69) is 6.07 Å². The first kappa shape index (κ1) is 22.1. The summed E-state index contributed by atoms with van der Waals surface area (Å²) in [5, 5.41) is 10.5. The Bertz CT molecular complexity index is 1500. The summed E-state index contributed by atoms with van der Waals surface area (Å²) < 4.78 is 35.6. The van der Waals surface area contributed by atoms with Crippen LogP contribution in [0.15, 0.2) is 89.2 Å². The highest BCUT2D eigenvalue weighted by atomic mass is 35.5. The van der Waals surface area contributed by atoms with Crippen LogP contribution >= 0.6 is 11.6 Å². The number of nitrogens with zero attached hydrogens (tertiary/aromatic N) is 2. The molecule has 3 aromatic carbocycles. The fourth-order valence-corrected chi connectivity index (χ4v) is 6.37. The molecule has 0 amide bonds. The number of rotatable bonds is 3. The average molecular weight is 490 g/mol. The number of fused-ring (bicyclic) bond motifs is 2. The molecule has 0 aromatic heterocycles. The number of allylic oxidation sites excluding steroid dienone is 2. The second kappa shape index (κ2) is 8.24. The van der Waals surface area contributed by atoms with Gasteiger partial charge in [-0.05, 0) is 42.3 Å². The van der Waals surface area contributed by atoms with Crippen LogP contribution in [-0.2, 0) is 21.3 Å². The van der Waals surface area contributed by atoms with Crippen molar-refractivity contribution in [1.82, 2.24) is 0 Å². The molecule has 0 fully saturated rings. The summed E-state index contributed by atoms with van der Waals surface area (Å²) in [6, 6.07) is 23.6. The van der Waals surface area contributed by atoms with E-state index in [4.69, 9.17) is 22.1 Å². The Morgan fingerprint density at radius 2 is 1.74 bits per heavy atom. The molecule has 2 aliphatic rings. The van der Waals surface area contributed by atoms with Gasteiger partial charge < -0.3 is 10.5 Å². The van der Waals surface area contributed by atoms with Crippen LogP contribution < -0.4 is 10.0 Å². The van der Waals surface area contributed by atoms with E-state index in [1.807, 2.05) is 37.3 Å². The molecule has 170 valence electrons. The number of aryl methyl sites for hydroxylation is 1. The molecule has 0 bridgehead atoms. The molecular weight excluding hydrogens is 470 g/mol. The van der Waals surface area contributed by atoms with Crippen LogP contribution in [0.25, 0.3) is 5.76 Å². The lowest BCUT2D eigenvalue weighted by Gasteiger charge is -2.38. The van der Waals surface area contributed by atoms with Gasteiger partial charge in [-0.3, -0.25) is 4.31 Å². The summed E-state index contributed by atoms with van der Waals surface area (Å²) in [7, 11) is -4.11. The molecule has 0 spiro atoms. The third kappa shape index (κ3) is 3.52. The Balaban J connectivity index is 1.75. The first-order valence-electron chi connectivity index (χ1n) is 10.6. The van der Waals surface area contributed by atoms with Gasteiger partial charge in [0.15, 0.2) is 5.76 Å². The Morgan fingerprint density at radius 1 is 1.06 bits per heavy atom. The van der Waals surface area contributed by atoms with E-state index < -0.39 is 15.9 Å². The van der Waals surface area contributed by atoms with Gasteiger partial charge >= 0.3 is 0 Å². The molecule has 1 atom stereocenters. The first-order chi connectivity index (χ1) is 16.3. The van der Waals surface area contributed by atoms with Crippen LogP contribution in [0.5, 0.6) is 0 Å². The van der Waals surface area contributed by atoms with Crippen molar-refractivity contribution in [1.29, 1.82) is 5.26 Å². The molecule has 0 unspecified atom stereocenters. The largest absolute Gasteiger partial charge is 0.439 e. The van der Waals surface area contributed by atoms with E-state index in [0.717, 1.165) is 11.1 Å². The number of sulfonamides is 1. The zero-order valence-electron chi connectivity index (χ0n) is 18.2. The monoisotopic (exact) mass is 489 g/mol.